The summed E-state index contributed by atoms with van der Waals surface area (Å²) >= 11 is -1.71. The van der Waals surface area contributed by atoms with E-state index < -0.39 is 18.4 Å². The zero-order valence-electron chi connectivity index (χ0n) is 16.3. The molecule has 0 N–H and O–H groups in total. The van der Waals surface area contributed by atoms with E-state index in [1.54, 1.807) is 0 Å². The van der Waals surface area contributed by atoms with Gasteiger partial charge < -0.3 is 0 Å². The summed E-state index contributed by atoms with van der Waals surface area (Å²) in [5.41, 5.74) is 3.70. The van der Waals surface area contributed by atoms with E-state index in [9.17, 15) is 0 Å². The number of nitrogens with zero attached hydrogens (tertiary/aromatic N) is 2. The van der Waals surface area contributed by atoms with Gasteiger partial charge in [-0.15, -0.1) is 0 Å². The van der Waals surface area contributed by atoms with Gasteiger partial charge in [0.05, 0.1) is 0 Å². The molecule has 1 aliphatic rings. The Kier molecular flexibility index (Phi) is 9.10. The van der Waals surface area contributed by atoms with Gasteiger partial charge in [0.1, 0.15) is 0 Å². The van der Waals surface area contributed by atoms with Crippen LogP contribution in [0.3, 0.4) is 0 Å². The van der Waals surface area contributed by atoms with E-state index in [1.807, 2.05) is 11.1 Å². The minimum atomic E-state index is -1.71. The molecule has 0 aromatic carbocycles. The average molecular weight is 413 g/mol. The van der Waals surface area contributed by atoms with Crippen LogP contribution in [-0.2, 0) is 0 Å². The SMILES string of the molecule is CCN(CC)B(CC1=C([CH2][Sn]([CH3])([CH3])[CH3])CCC1)N(CC)CC. The fraction of sp³-hybridized carbons (Fsp3) is 0.889. The molecule has 4 heteroatoms. The van der Waals surface area contributed by atoms with Crippen molar-refractivity contribution in [1.82, 2.24) is 9.62 Å². The molecule has 0 saturated heterocycles. The first kappa shape index (κ1) is 20.6. The number of hydrogen-bond acceptors (Lipinski definition) is 2. The Balaban J connectivity index is 2.93. The average Bonchev–Trinajstić information content (AvgIpc) is 2.86. The summed E-state index contributed by atoms with van der Waals surface area (Å²) < 4.78 is 1.49. The predicted octanol–water partition coefficient (Wildman–Crippen LogP) is 4.98. The van der Waals surface area contributed by atoms with Crippen LogP contribution in [0.25, 0.3) is 0 Å². The quantitative estimate of drug-likeness (QED) is 0.369. The van der Waals surface area contributed by atoms with Crippen molar-refractivity contribution in [3.05, 3.63) is 11.1 Å². The van der Waals surface area contributed by atoms with Crippen molar-refractivity contribution in [2.75, 3.05) is 26.2 Å². The third-order valence-corrected chi connectivity index (χ3v) is 9.34. The molecule has 128 valence electrons. The molecular weight excluding hydrogens is 374 g/mol. The molecule has 0 saturated carbocycles. The summed E-state index contributed by atoms with van der Waals surface area (Å²) in [6.45, 7) is 14.5. The van der Waals surface area contributed by atoms with Gasteiger partial charge in [-0.05, 0) is 0 Å². The van der Waals surface area contributed by atoms with Gasteiger partial charge in [-0.1, -0.05) is 0 Å². The Hall–Kier alpha value is 0.524. The van der Waals surface area contributed by atoms with E-state index in [4.69, 9.17) is 0 Å². The Labute approximate surface area is 144 Å². The van der Waals surface area contributed by atoms with Crippen molar-refractivity contribution in [3.63, 3.8) is 0 Å². The Morgan fingerprint density at radius 3 is 1.68 bits per heavy atom. The van der Waals surface area contributed by atoms with E-state index in [1.165, 1.54) is 56.2 Å². The molecule has 0 aromatic rings. The summed E-state index contributed by atoms with van der Waals surface area (Å²) in [5, 5.41) is 0. The summed E-state index contributed by atoms with van der Waals surface area (Å²) in [6.07, 6.45) is 5.47. The second-order valence-corrected chi connectivity index (χ2v) is 23.6. The second-order valence-electron chi connectivity index (χ2n) is 7.93. The molecular formula is C18H39BN2Sn. The third-order valence-electron chi connectivity index (χ3n) is 5.10. The first-order valence-corrected chi connectivity index (χ1v) is 20.1. The Morgan fingerprint density at radius 2 is 1.27 bits per heavy atom. The summed E-state index contributed by atoms with van der Waals surface area (Å²) in [5.74, 6) is 0. The van der Waals surface area contributed by atoms with E-state index in [0.29, 0.717) is 6.98 Å². The zero-order chi connectivity index (χ0) is 16.8. The molecule has 0 aromatic heterocycles. The van der Waals surface area contributed by atoms with Gasteiger partial charge in [-0.2, -0.15) is 0 Å². The number of rotatable bonds is 10. The molecule has 0 spiro atoms. The van der Waals surface area contributed by atoms with Crippen LogP contribution in [0.1, 0.15) is 47.0 Å². The molecule has 0 amide bonds. The first-order valence-electron chi connectivity index (χ1n) is 9.54. The Morgan fingerprint density at radius 1 is 0.818 bits per heavy atom. The molecule has 0 bridgehead atoms. The van der Waals surface area contributed by atoms with Crippen molar-refractivity contribution in [2.45, 2.75) is 72.5 Å². The van der Waals surface area contributed by atoms with Gasteiger partial charge in [0.15, 0.2) is 0 Å². The molecule has 2 nitrogen and oxygen atoms in total. The van der Waals surface area contributed by atoms with Crippen LogP contribution in [-0.4, -0.2) is 61.2 Å². The van der Waals surface area contributed by atoms with Crippen LogP contribution >= 0.6 is 0 Å². The third kappa shape index (κ3) is 6.20. The van der Waals surface area contributed by atoms with Crippen molar-refractivity contribution in [2.24, 2.45) is 0 Å². The van der Waals surface area contributed by atoms with E-state index in [2.05, 4.69) is 52.1 Å². The van der Waals surface area contributed by atoms with Crippen LogP contribution in [0.15, 0.2) is 11.1 Å². The maximum atomic E-state index is 2.66. The van der Waals surface area contributed by atoms with Gasteiger partial charge in [-0.25, -0.2) is 0 Å². The summed E-state index contributed by atoms with van der Waals surface area (Å²) in [6, 6.07) is 0. The van der Waals surface area contributed by atoms with Gasteiger partial charge in [0, 0.05) is 0 Å². The zero-order valence-corrected chi connectivity index (χ0v) is 19.2. The Bertz CT molecular complexity index is 343. The standard InChI is InChI=1S/C15H30BN2.3CH3.Sn/c1-6-17(7-2)16(18(8-3)9-4)13-15-12-10-11-14(15)5;;;;/h5-13H2,1-4H3;3*1H3;. The van der Waals surface area contributed by atoms with Gasteiger partial charge in [-0.3, -0.25) is 0 Å². The first-order chi connectivity index (χ1) is 10.4. The molecule has 0 atom stereocenters. The van der Waals surface area contributed by atoms with Crippen molar-refractivity contribution in [3.8, 4) is 0 Å². The maximum absolute atomic E-state index is 2.66. The van der Waals surface area contributed by atoms with E-state index in [-0.39, 0.29) is 0 Å². The second kappa shape index (κ2) is 9.73. The van der Waals surface area contributed by atoms with Gasteiger partial charge in [0.25, 0.3) is 0 Å². The molecule has 0 aliphatic heterocycles. The van der Waals surface area contributed by atoms with Crippen LogP contribution in [0.2, 0.25) is 25.6 Å². The predicted molar refractivity (Wildman–Crippen MR) is 105 cm³/mol. The normalized spacial score (nSPS) is 16.2. The fourth-order valence-corrected chi connectivity index (χ4v) is 8.84. The van der Waals surface area contributed by atoms with Crippen molar-refractivity contribution in [1.29, 1.82) is 0 Å². The molecule has 1 aliphatic carbocycles. The molecule has 0 radical (unpaired) electrons. The van der Waals surface area contributed by atoms with Crippen LogP contribution in [0.5, 0.6) is 0 Å². The minimum absolute atomic E-state index is 0.614. The topological polar surface area (TPSA) is 6.48 Å². The molecule has 0 fully saturated rings. The van der Waals surface area contributed by atoms with Crippen molar-refractivity contribution >= 4 is 25.4 Å². The number of allylic oxidation sites excluding steroid dienone is 2. The van der Waals surface area contributed by atoms with E-state index in [0.717, 1.165) is 0 Å². The van der Waals surface area contributed by atoms with Crippen LogP contribution in [0.4, 0.5) is 0 Å². The molecule has 22 heavy (non-hydrogen) atoms. The van der Waals surface area contributed by atoms with Crippen LogP contribution < -0.4 is 0 Å². The van der Waals surface area contributed by atoms with Gasteiger partial charge >= 0.3 is 145 Å². The fourth-order valence-electron chi connectivity index (χ4n) is 3.97. The summed E-state index contributed by atoms with van der Waals surface area (Å²) in [4.78, 5) is 13.1. The molecule has 0 unspecified atom stereocenters. The van der Waals surface area contributed by atoms with Crippen molar-refractivity contribution < 1.29 is 0 Å². The van der Waals surface area contributed by atoms with Crippen LogP contribution in [0, 0.1) is 0 Å². The molecule has 0 heterocycles. The van der Waals surface area contributed by atoms with E-state index >= 15 is 0 Å². The summed E-state index contributed by atoms with van der Waals surface area (Å²) in [7, 11) is 0. The monoisotopic (exact) mass is 414 g/mol. The molecule has 1 rings (SSSR count). The number of hydrogen-bond donors (Lipinski definition) is 0. The van der Waals surface area contributed by atoms with Gasteiger partial charge in [0.2, 0.25) is 0 Å².